The van der Waals surface area contributed by atoms with Crippen molar-refractivity contribution in [2.45, 2.75) is 98.9 Å². The van der Waals surface area contributed by atoms with Gasteiger partial charge in [0.05, 0.1) is 37.4 Å². The highest BCUT2D eigenvalue weighted by Crippen LogP contribution is 2.31. The molecule has 3 saturated heterocycles. The van der Waals surface area contributed by atoms with E-state index < -0.39 is 105 Å². The molecule has 15 atom stereocenters. The van der Waals surface area contributed by atoms with E-state index in [0.717, 1.165) is 0 Å². The van der Waals surface area contributed by atoms with Gasteiger partial charge in [-0.1, -0.05) is 0 Å². The van der Waals surface area contributed by atoms with Crippen LogP contribution in [0, 0.1) is 0 Å². The largest absolute Gasteiger partial charge is 0.394 e. The summed E-state index contributed by atoms with van der Waals surface area (Å²) in [6.07, 6.45) is -13.0. The van der Waals surface area contributed by atoms with Gasteiger partial charge in [0.15, 0.2) is 18.9 Å². The predicted octanol–water partition coefficient (Wildman–Crippen LogP) is -5.34. The number of rotatable bonds is 8. The number of ether oxygens (including phenoxy) is 7. The molecule has 0 aromatic heterocycles. The topological polar surface area (TPSA) is 244 Å². The van der Waals surface area contributed by atoms with Gasteiger partial charge in [-0.05, 0) is 6.92 Å². The second-order valence-corrected chi connectivity index (χ2v) is 9.00. The smallest absolute Gasteiger partial charge is 0.176 e. The number of aliphatic hydroxyl groups excluding tert-OH is 5. The normalized spacial score (nSPS) is 51.3. The summed E-state index contributed by atoms with van der Waals surface area (Å²) >= 11 is 0. The summed E-state index contributed by atoms with van der Waals surface area (Å²) in [5.41, 5.74) is 18.2. The maximum Gasteiger partial charge on any atom is 0.176 e. The molecule has 3 fully saturated rings. The zero-order valence-electron chi connectivity index (χ0n) is 19.9. The van der Waals surface area contributed by atoms with Gasteiger partial charge >= 0.3 is 0 Å². The lowest BCUT2D eigenvalue weighted by molar-refractivity contribution is -0.345. The number of nitrogens with two attached hydrogens (primary N) is 3. The molecule has 0 aromatic carbocycles. The van der Waals surface area contributed by atoms with Gasteiger partial charge in [0, 0.05) is 14.2 Å². The molecule has 35 heavy (non-hydrogen) atoms. The minimum Gasteiger partial charge on any atom is -0.394 e. The second-order valence-electron chi connectivity index (χ2n) is 9.00. The Bertz CT molecular complexity index is 663. The summed E-state index contributed by atoms with van der Waals surface area (Å²) < 4.78 is 38.9. The first kappa shape index (κ1) is 29.0. The van der Waals surface area contributed by atoms with Crippen molar-refractivity contribution in [1.29, 1.82) is 0 Å². The molecule has 10 unspecified atom stereocenters. The van der Waals surface area contributed by atoms with Crippen LogP contribution in [-0.2, 0) is 33.2 Å². The van der Waals surface area contributed by atoms with E-state index in [0.29, 0.717) is 0 Å². The first-order valence-corrected chi connectivity index (χ1v) is 11.4. The lowest BCUT2D eigenvalue weighted by Crippen LogP contribution is -2.68. The number of hydrogen-bond acceptors (Lipinski definition) is 15. The van der Waals surface area contributed by atoms with Gasteiger partial charge in [-0.2, -0.15) is 0 Å². The molecule has 3 aliphatic heterocycles. The fourth-order valence-corrected chi connectivity index (χ4v) is 4.63. The Kier molecular flexibility index (Phi) is 10.2. The highest BCUT2D eigenvalue weighted by Gasteiger charge is 2.51. The van der Waals surface area contributed by atoms with Gasteiger partial charge in [-0.15, -0.1) is 0 Å². The number of aliphatic hydroxyl groups is 5. The molecule has 3 heterocycles. The van der Waals surface area contributed by atoms with Gasteiger partial charge in [0.25, 0.3) is 0 Å². The molecule has 3 aliphatic rings. The zero-order chi connectivity index (χ0) is 26.0. The van der Waals surface area contributed by atoms with Crippen LogP contribution in [0.25, 0.3) is 0 Å². The van der Waals surface area contributed by atoms with Crippen LogP contribution < -0.4 is 17.2 Å². The minimum absolute atomic E-state index is 0.458. The summed E-state index contributed by atoms with van der Waals surface area (Å²) in [5, 5.41) is 51.2. The molecular formula is C20H39N3O12. The second kappa shape index (κ2) is 12.3. The van der Waals surface area contributed by atoms with E-state index in [2.05, 4.69) is 0 Å². The van der Waals surface area contributed by atoms with Crippen LogP contribution in [0.2, 0.25) is 0 Å². The molecule has 0 aromatic rings. The standard InChI is InChI=1S/C20H39N3O12/c1-6-15(34-20-11(23)13(27)16(29-2)7(4-24)33-20)12(26)10(22)19(31-6)35-17-8(5-25)32-18(30-3)9(21)14(17)28/h6-20,24-28H,4-5,21-23H2,1-3H3/t6?,7?,8?,9?,10?,11?,12?,13?,14?,15-,16-,17-,18-,19?,20+/m1/s1. The summed E-state index contributed by atoms with van der Waals surface area (Å²) in [5.74, 6) is 0. The van der Waals surface area contributed by atoms with E-state index in [1.807, 2.05) is 0 Å². The molecule has 0 amide bonds. The molecule has 0 aliphatic carbocycles. The number of methoxy groups -OCH3 is 2. The fourth-order valence-electron chi connectivity index (χ4n) is 4.63. The lowest BCUT2D eigenvalue weighted by Gasteiger charge is -2.48. The average Bonchev–Trinajstić information content (AvgIpc) is 2.85. The molecule has 11 N–H and O–H groups in total. The van der Waals surface area contributed by atoms with Crippen molar-refractivity contribution in [1.82, 2.24) is 0 Å². The highest BCUT2D eigenvalue weighted by molar-refractivity contribution is 4.98. The minimum atomic E-state index is -1.35. The van der Waals surface area contributed by atoms with Crippen molar-refractivity contribution < 1.29 is 58.7 Å². The van der Waals surface area contributed by atoms with Crippen LogP contribution >= 0.6 is 0 Å². The quantitative estimate of drug-likeness (QED) is 0.151. The monoisotopic (exact) mass is 513 g/mol. The molecule has 206 valence electrons. The number of hydrogen-bond donors (Lipinski definition) is 8. The Labute approximate surface area is 202 Å². The van der Waals surface area contributed by atoms with Crippen molar-refractivity contribution in [2.24, 2.45) is 17.2 Å². The van der Waals surface area contributed by atoms with E-state index in [9.17, 15) is 25.5 Å². The predicted molar refractivity (Wildman–Crippen MR) is 115 cm³/mol. The van der Waals surface area contributed by atoms with Crippen LogP contribution in [0.4, 0.5) is 0 Å². The van der Waals surface area contributed by atoms with Gasteiger partial charge in [-0.3, -0.25) is 0 Å². The van der Waals surface area contributed by atoms with E-state index in [1.54, 1.807) is 6.92 Å². The SMILES string of the molecule is CO[C@@H]1OC(CO)[C@@H](OC2OC(C)[C@@H](O[C@@H]3OC(CO)[C@@H](OC)C(O)C3N)C(O)C2N)C(O)C1N. The Morgan fingerprint density at radius 3 is 1.60 bits per heavy atom. The molecule has 0 spiro atoms. The fraction of sp³-hybridized carbons (Fsp3) is 1.00. The van der Waals surface area contributed by atoms with Gasteiger partial charge < -0.3 is 75.9 Å². The molecule has 15 nitrogen and oxygen atoms in total. The molecular weight excluding hydrogens is 474 g/mol. The van der Waals surface area contributed by atoms with Gasteiger partial charge in [-0.25, -0.2) is 0 Å². The third kappa shape index (κ3) is 5.79. The third-order valence-corrected chi connectivity index (χ3v) is 6.74. The van der Waals surface area contributed by atoms with E-state index in [1.165, 1.54) is 14.2 Å². The van der Waals surface area contributed by atoms with Crippen LogP contribution in [0.5, 0.6) is 0 Å². The third-order valence-electron chi connectivity index (χ3n) is 6.74. The molecule has 0 saturated carbocycles. The molecule has 0 bridgehead atoms. The lowest BCUT2D eigenvalue weighted by atomic mass is 9.95. The summed E-state index contributed by atoms with van der Waals surface area (Å²) in [6, 6.07) is -3.19. The van der Waals surface area contributed by atoms with Crippen molar-refractivity contribution >= 4 is 0 Å². The van der Waals surface area contributed by atoms with Crippen molar-refractivity contribution in [3.05, 3.63) is 0 Å². The first-order valence-electron chi connectivity index (χ1n) is 11.4. The van der Waals surface area contributed by atoms with E-state index in [-0.39, 0.29) is 0 Å². The van der Waals surface area contributed by atoms with E-state index in [4.69, 9.17) is 50.4 Å². The van der Waals surface area contributed by atoms with Crippen molar-refractivity contribution in [2.75, 3.05) is 27.4 Å². The molecule has 0 radical (unpaired) electrons. The van der Waals surface area contributed by atoms with Crippen molar-refractivity contribution in [3.63, 3.8) is 0 Å². The van der Waals surface area contributed by atoms with E-state index >= 15 is 0 Å². The Morgan fingerprint density at radius 2 is 1.06 bits per heavy atom. The molecule has 3 rings (SSSR count). The maximum atomic E-state index is 10.9. The van der Waals surface area contributed by atoms with Gasteiger partial charge in [0.1, 0.15) is 48.8 Å². The Balaban J connectivity index is 1.68. The zero-order valence-corrected chi connectivity index (χ0v) is 19.9. The van der Waals surface area contributed by atoms with Crippen molar-refractivity contribution in [3.8, 4) is 0 Å². The summed E-state index contributed by atoms with van der Waals surface area (Å²) in [4.78, 5) is 0. The van der Waals surface area contributed by atoms with Crippen LogP contribution in [0.1, 0.15) is 6.92 Å². The van der Waals surface area contributed by atoms with Gasteiger partial charge in [0.2, 0.25) is 0 Å². The first-order chi connectivity index (χ1) is 16.6. The summed E-state index contributed by atoms with van der Waals surface area (Å²) in [7, 11) is 2.70. The van der Waals surface area contributed by atoms with Crippen LogP contribution in [-0.4, -0.2) is 145 Å². The Morgan fingerprint density at radius 1 is 0.629 bits per heavy atom. The van der Waals surface area contributed by atoms with Crippen LogP contribution in [0.3, 0.4) is 0 Å². The average molecular weight is 514 g/mol. The Hall–Kier alpha value is -0.600. The highest BCUT2D eigenvalue weighted by atomic mass is 16.7. The van der Waals surface area contributed by atoms with Crippen LogP contribution in [0.15, 0.2) is 0 Å². The summed E-state index contributed by atoms with van der Waals surface area (Å²) in [6.45, 7) is 0.626. The maximum absolute atomic E-state index is 10.9. The molecule has 15 heteroatoms.